The van der Waals surface area contributed by atoms with E-state index in [1.807, 2.05) is 13.0 Å². The van der Waals surface area contributed by atoms with Crippen molar-refractivity contribution in [2.45, 2.75) is 26.0 Å². The molecule has 0 aliphatic heterocycles. The van der Waals surface area contributed by atoms with Gasteiger partial charge >= 0.3 is 0 Å². The van der Waals surface area contributed by atoms with E-state index < -0.39 is 35.3 Å². The Morgan fingerprint density at radius 3 is 2.35 bits per heavy atom. The molecule has 0 aliphatic carbocycles. The van der Waals surface area contributed by atoms with Crippen LogP contribution in [0.1, 0.15) is 34.5 Å². The molecule has 122 valence electrons. The normalized spacial score (nSPS) is 13.5. The average molecular weight is 384 g/mol. The number of rotatable bonds is 4. The number of aliphatic hydroxyl groups is 1. The third kappa shape index (κ3) is 3.95. The number of amides is 1. The summed E-state index contributed by atoms with van der Waals surface area (Å²) in [6.45, 7) is 3.33. The van der Waals surface area contributed by atoms with Crippen molar-refractivity contribution in [3.8, 4) is 0 Å². The van der Waals surface area contributed by atoms with Crippen molar-refractivity contribution in [2.75, 3.05) is 0 Å². The minimum atomic E-state index is -0.945. The molecule has 1 amide bonds. The van der Waals surface area contributed by atoms with Gasteiger partial charge < -0.3 is 10.4 Å². The van der Waals surface area contributed by atoms with Crippen LogP contribution in [0, 0.1) is 18.6 Å². The van der Waals surface area contributed by atoms with Gasteiger partial charge in [-0.15, -0.1) is 0 Å². The molecular weight excluding hydrogens is 368 g/mol. The van der Waals surface area contributed by atoms with Gasteiger partial charge in [-0.3, -0.25) is 4.79 Å². The summed E-state index contributed by atoms with van der Waals surface area (Å²) in [6.07, 6.45) is -0.936. The monoisotopic (exact) mass is 383 g/mol. The molecule has 0 spiro atoms. The molecule has 23 heavy (non-hydrogen) atoms. The highest BCUT2D eigenvalue weighted by atomic mass is 79.9. The van der Waals surface area contributed by atoms with Gasteiger partial charge in [-0.05, 0) is 49.2 Å². The Morgan fingerprint density at radius 2 is 1.83 bits per heavy atom. The molecule has 0 aliphatic rings. The van der Waals surface area contributed by atoms with Crippen LogP contribution >= 0.6 is 15.9 Å². The fourth-order valence-electron chi connectivity index (χ4n) is 2.37. The first kappa shape index (κ1) is 17.6. The number of aryl methyl sites for hydroxylation is 1. The third-order valence-electron chi connectivity index (χ3n) is 3.53. The second kappa shape index (κ2) is 7.19. The maximum absolute atomic E-state index is 13.7. The van der Waals surface area contributed by atoms with Crippen molar-refractivity contribution in [3.63, 3.8) is 0 Å². The van der Waals surface area contributed by atoms with Crippen molar-refractivity contribution in [3.05, 3.63) is 69.2 Å². The van der Waals surface area contributed by atoms with Crippen LogP contribution in [0.15, 0.2) is 40.9 Å². The third-order valence-corrected chi connectivity index (χ3v) is 4.02. The summed E-state index contributed by atoms with van der Waals surface area (Å²) >= 11 is 3.34. The number of carbonyl (C=O) groups is 1. The molecule has 2 rings (SSSR count). The highest BCUT2D eigenvalue weighted by molar-refractivity contribution is 9.10. The van der Waals surface area contributed by atoms with Gasteiger partial charge in [-0.25, -0.2) is 8.78 Å². The first-order chi connectivity index (χ1) is 10.8. The molecule has 3 nitrogen and oxygen atoms in total. The number of hydrogen-bond acceptors (Lipinski definition) is 2. The maximum Gasteiger partial charge on any atom is 0.257 e. The Balaban J connectivity index is 2.35. The number of benzene rings is 2. The van der Waals surface area contributed by atoms with E-state index in [2.05, 4.69) is 21.2 Å². The van der Waals surface area contributed by atoms with Gasteiger partial charge in [0.05, 0.1) is 12.1 Å². The molecule has 2 atom stereocenters. The van der Waals surface area contributed by atoms with E-state index in [4.69, 9.17) is 0 Å². The molecular formula is C17H16BrF2NO2. The predicted molar refractivity (Wildman–Crippen MR) is 87.1 cm³/mol. The number of aliphatic hydroxyl groups excluding tert-OH is 1. The van der Waals surface area contributed by atoms with E-state index in [1.165, 1.54) is 13.0 Å². The van der Waals surface area contributed by atoms with E-state index in [-0.39, 0.29) is 0 Å². The minimum absolute atomic E-state index is 0.659. The molecule has 2 aromatic carbocycles. The molecule has 0 fully saturated rings. The zero-order valence-corrected chi connectivity index (χ0v) is 14.2. The Hall–Kier alpha value is -1.79. The topological polar surface area (TPSA) is 49.3 Å². The molecule has 0 saturated carbocycles. The lowest BCUT2D eigenvalue weighted by atomic mass is 9.97. The van der Waals surface area contributed by atoms with E-state index >= 15 is 0 Å². The molecule has 0 bridgehead atoms. The Morgan fingerprint density at radius 1 is 1.22 bits per heavy atom. The quantitative estimate of drug-likeness (QED) is 0.841. The number of hydrogen-bond donors (Lipinski definition) is 2. The number of nitrogens with one attached hydrogen (secondary N) is 1. The molecule has 0 saturated heterocycles. The fourth-order valence-corrected chi connectivity index (χ4v) is 2.85. The Kier molecular flexibility index (Phi) is 5.49. The smallest absolute Gasteiger partial charge is 0.257 e. The van der Waals surface area contributed by atoms with Gasteiger partial charge in [0, 0.05) is 4.47 Å². The van der Waals surface area contributed by atoms with E-state index in [0.717, 1.165) is 22.2 Å². The molecule has 0 unspecified atom stereocenters. The summed E-state index contributed by atoms with van der Waals surface area (Å²) in [4.78, 5) is 12.2. The van der Waals surface area contributed by atoms with Gasteiger partial charge in [0.2, 0.25) is 0 Å². The lowest BCUT2D eigenvalue weighted by Crippen LogP contribution is -2.36. The lowest BCUT2D eigenvalue weighted by Gasteiger charge is -2.24. The van der Waals surface area contributed by atoms with Crippen molar-refractivity contribution in [1.82, 2.24) is 5.32 Å². The Labute approximate surface area is 141 Å². The molecule has 0 radical (unpaired) electrons. The van der Waals surface area contributed by atoms with Crippen LogP contribution in [0.5, 0.6) is 0 Å². The van der Waals surface area contributed by atoms with Crippen LogP contribution in [0.4, 0.5) is 8.78 Å². The summed E-state index contributed by atoms with van der Waals surface area (Å²) in [5.74, 6) is -2.80. The number of halogens is 3. The summed E-state index contributed by atoms with van der Waals surface area (Å²) in [6, 6.07) is 7.78. The van der Waals surface area contributed by atoms with Gasteiger partial charge in [0.1, 0.15) is 17.2 Å². The van der Waals surface area contributed by atoms with Crippen LogP contribution in [0.2, 0.25) is 0 Å². The van der Waals surface area contributed by atoms with Crippen LogP contribution < -0.4 is 5.32 Å². The minimum Gasteiger partial charge on any atom is -0.391 e. The van der Waals surface area contributed by atoms with Crippen LogP contribution in [0.25, 0.3) is 0 Å². The zero-order chi connectivity index (χ0) is 17.1. The first-order valence-electron chi connectivity index (χ1n) is 7.00. The Bertz CT molecular complexity index is 714. The number of carbonyl (C=O) groups excluding carboxylic acids is 1. The summed E-state index contributed by atoms with van der Waals surface area (Å²) in [5, 5.41) is 12.5. The second-order valence-electron chi connectivity index (χ2n) is 5.29. The average Bonchev–Trinajstić information content (AvgIpc) is 2.45. The van der Waals surface area contributed by atoms with E-state index in [9.17, 15) is 18.7 Å². The summed E-state index contributed by atoms with van der Waals surface area (Å²) in [5.41, 5.74) is 0.848. The maximum atomic E-state index is 13.7. The van der Waals surface area contributed by atoms with Gasteiger partial charge in [-0.1, -0.05) is 28.1 Å². The first-order valence-corrected chi connectivity index (χ1v) is 7.79. The van der Waals surface area contributed by atoms with E-state index in [0.29, 0.717) is 5.56 Å². The van der Waals surface area contributed by atoms with Crippen molar-refractivity contribution < 1.29 is 18.7 Å². The molecule has 0 aromatic heterocycles. The zero-order valence-electron chi connectivity index (χ0n) is 12.6. The van der Waals surface area contributed by atoms with Gasteiger partial charge in [0.15, 0.2) is 0 Å². The van der Waals surface area contributed by atoms with Crippen molar-refractivity contribution >= 4 is 21.8 Å². The largest absolute Gasteiger partial charge is 0.391 e. The van der Waals surface area contributed by atoms with Crippen molar-refractivity contribution in [1.29, 1.82) is 0 Å². The molecule has 0 heterocycles. The molecule has 6 heteroatoms. The fraction of sp³-hybridized carbons (Fsp3) is 0.235. The predicted octanol–water partition coefficient (Wildman–Crippen LogP) is 3.89. The standard InChI is InChI=1S/C17H16BrF2NO2/c1-9-8-11(18)6-7-12(9)16(10(2)22)21-17(23)15-13(19)4-3-5-14(15)20/h3-8,10,16,22H,1-2H3,(H,21,23)/t10-,16-/m0/s1. The summed E-state index contributed by atoms with van der Waals surface area (Å²) < 4.78 is 28.3. The lowest BCUT2D eigenvalue weighted by molar-refractivity contribution is 0.0849. The van der Waals surface area contributed by atoms with Gasteiger partial charge in [0.25, 0.3) is 5.91 Å². The highest BCUT2D eigenvalue weighted by Crippen LogP contribution is 2.25. The SMILES string of the molecule is Cc1cc(Br)ccc1[C@@H](NC(=O)c1c(F)cccc1F)[C@H](C)O. The van der Waals surface area contributed by atoms with Crippen LogP contribution in [-0.2, 0) is 0 Å². The van der Waals surface area contributed by atoms with E-state index in [1.54, 1.807) is 12.1 Å². The van der Waals surface area contributed by atoms with Gasteiger partial charge in [-0.2, -0.15) is 0 Å². The molecule has 2 N–H and O–H groups in total. The molecule has 2 aromatic rings. The highest BCUT2D eigenvalue weighted by Gasteiger charge is 2.25. The second-order valence-corrected chi connectivity index (χ2v) is 6.20. The summed E-state index contributed by atoms with van der Waals surface area (Å²) in [7, 11) is 0. The van der Waals surface area contributed by atoms with Crippen LogP contribution in [-0.4, -0.2) is 17.1 Å². The van der Waals surface area contributed by atoms with Crippen molar-refractivity contribution in [2.24, 2.45) is 0 Å². The van der Waals surface area contributed by atoms with Crippen LogP contribution in [0.3, 0.4) is 0 Å².